The summed E-state index contributed by atoms with van der Waals surface area (Å²) in [6, 6.07) is 0. The van der Waals surface area contributed by atoms with E-state index in [4.69, 9.17) is 0 Å². The van der Waals surface area contributed by atoms with Crippen molar-refractivity contribution >= 4 is 21.7 Å². The van der Waals surface area contributed by atoms with Crippen LogP contribution < -0.4 is 0 Å². The molecule has 0 saturated heterocycles. The zero-order valence-corrected chi connectivity index (χ0v) is 11.9. The molecule has 1 saturated carbocycles. The number of halogens is 1. The number of aromatic nitrogens is 2. The number of ketones is 1. The zero-order chi connectivity index (χ0) is 12.3. The Hall–Kier alpha value is -0.640. The third-order valence-corrected chi connectivity index (χ3v) is 4.18. The van der Waals surface area contributed by atoms with E-state index in [0.717, 1.165) is 23.0 Å². The van der Waals surface area contributed by atoms with Gasteiger partial charge < -0.3 is 0 Å². The monoisotopic (exact) mass is 298 g/mol. The Morgan fingerprint density at radius 2 is 1.88 bits per heavy atom. The van der Waals surface area contributed by atoms with E-state index in [-0.39, 0.29) is 11.7 Å². The van der Waals surface area contributed by atoms with Crippen LogP contribution in [-0.2, 0) is 7.05 Å². The molecule has 17 heavy (non-hydrogen) atoms. The molecule has 0 bridgehead atoms. The molecular formula is C13H19BrN2O. The van der Waals surface area contributed by atoms with Gasteiger partial charge in [0.1, 0.15) is 5.69 Å². The summed E-state index contributed by atoms with van der Waals surface area (Å²) in [6.45, 7) is 0. The first-order valence-corrected chi connectivity index (χ1v) is 7.21. The van der Waals surface area contributed by atoms with Gasteiger partial charge in [-0.25, -0.2) is 0 Å². The van der Waals surface area contributed by atoms with E-state index in [1.807, 2.05) is 7.05 Å². The average molecular weight is 299 g/mol. The fraction of sp³-hybridized carbons (Fsp3) is 0.692. The molecule has 2 rings (SSSR count). The van der Waals surface area contributed by atoms with Gasteiger partial charge in [0.05, 0.1) is 10.7 Å². The van der Waals surface area contributed by atoms with Crippen molar-refractivity contribution in [2.24, 2.45) is 13.0 Å². The maximum absolute atomic E-state index is 12.5. The minimum absolute atomic E-state index is 0.196. The van der Waals surface area contributed by atoms with Crippen LogP contribution in [-0.4, -0.2) is 15.6 Å². The Morgan fingerprint density at radius 3 is 2.41 bits per heavy atom. The highest BCUT2D eigenvalue weighted by Gasteiger charge is 2.25. The van der Waals surface area contributed by atoms with Gasteiger partial charge in [0.15, 0.2) is 5.78 Å². The molecule has 0 aromatic carbocycles. The average Bonchev–Trinajstić information content (AvgIpc) is 2.57. The molecule has 0 N–H and O–H groups in total. The number of aryl methyl sites for hydroxylation is 1. The van der Waals surface area contributed by atoms with E-state index in [2.05, 4.69) is 21.0 Å². The van der Waals surface area contributed by atoms with E-state index < -0.39 is 0 Å². The van der Waals surface area contributed by atoms with Crippen LogP contribution in [0.1, 0.15) is 55.4 Å². The van der Waals surface area contributed by atoms with Crippen LogP contribution in [0.15, 0.2) is 10.7 Å². The lowest BCUT2D eigenvalue weighted by atomic mass is 9.87. The Bertz CT molecular complexity index is 373. The van der Waals surface area contributed by atoms with Crippen LogP contribution in [0.3, 0.4) is 0 Å². The molecule has 1 fully saturated rings. The maximum Gasteiger partial charge on any atom is 0.185 e. The van der Waals surface area contributed by atoms with Crippen molar-refractivity contribution in [3.8, 4) is 0 Å². The topological polar surface area (TPSA) is 34.9 Å². The smallest absolute Gasteiger partial charge is 0.185 e. The summed E-state index contributed by atoms with van der Waals surface area (Å²) >= 11 is 3.42. The first kappa shape index (κ1) is 12.8. The fourth-order valence-corrected chi connectivity index (χ4v) is 3.14. The molecule has 0 radical (unpaired) electrons. The molecule has 3 nitrogen and oxygen atoms in total. The Balaban J connectivity index is 2.12. The van der Waals surface area contributed by atoms with E-state index in [1.54, 1.807) is 10.9 Å². The number of carbonyl (C=O) groups excluding carboxylic acids is 1. The fourth-order valence-electron chi connectivity index (χ4n) is 2.60. The molecule has 1 aliphatic rings. The molecule has 0 atom stereocenters. The molecule has 0 unspecified atom stereocenters. The summed E-state index contributed by atoms with van der Waals surface area (Å²) in [5.41, 5.74) is 0.732. The lowest BCUT2D eigenvalue weighted by Crippen LogP contribution is -2.19. The van der Waals surface area contributed by atoms with Gasteiger partial charge in [-0.15, -0.1) is 0 Å². The van der Waals surface area contributed by atoms with Crippen LogP contribution in [0.5, 0.6) is 0 Å². The molecule has 1 aromatic rings. The number of nitrogens with zero attached hydrogens (tertiary/aromatic N) is 2. The SMILES string of the molecule is Cn1ncc(Br)c1C(=O)C1CCCCCCC1. The van der Waals surface area contributed by atoms with Crippen molar-refractivity contribution in [3.63, 3.8) is 0 Å². The highest BCUT2D eigenvalue weighted by molar-refractivity contribution is 9.10. The molecule has 1 aliphatic carbocycles. The Labute approximate surface area is 111 Å². The van der Waals surface area contributed by atoms with Gasteiger partial charge in [-0.05, 0) is 28.8 Å². The van der Waals surface area contributed by atoms with Crippen LogP contribution in [0.2, 0.25) is 0 Å². The molecule has 4 heteroatoms. The van der Waals surface area contributed by atoms with E-state index in [9.17, 15) is 4.79 Å². The lowest BCUT2D eigenvalue weighted by molar-refractivity contribution is 0.0887. The number of Topliss-reactive ketones (excluding diaryl/α,β-unsaturated/α-hetero) is 1. The minimum Gasteiger partial charge on any atom is -0.292 e. The van der Waals surface area contributed by atoms with Gasteiger partial charge in [-0.2, -0.15) is 5.10 Å². The number of hydrogen-bond acceptors (Lipinski definition) is 2. The van der Waals surface area contributed by atoms with Crippen LogP contribution in [0.25, 0.3) is 0 Å². The van der Waals surface area contributed by atoms with Crippen molar-refractivity contribution in [2.45, 2.75) is 44.9 Å². The highest BCUT2D eigenvalue weighted by Crippen LogP contribution is 2.27. The summed E-state index contributed by atoms with van der Waals surface area (Å²) < 4.78 is 2.51. The van der Waals surface area contributed by atoms with Crippen LogP contribution in [0.4, 0.5) is 0 Å². The molecule has 1 heterocycles. The van der Waals surface area contributed by atoms with Gasteiger partial charge in [-0.3, -0.25) is 9.48 Å². The molecule has 0 spiro atoms. The molecule has 94 valence electrons. The molecule has 0 aliphatic heterocycles. The second kappa shape index (κ2) is 5.80. The number of hydrogen-bond donors (Lipinski definition) is 0. The second-order valence-corrected chi connectivity index (χ2v) is 5.73. The highest BCUT2D eigenvalue weighted by atomic mass is 79.9. The van der Waals surface area contributed by atoms with E-state index in [1.165, 1.54) is 32.1 Å². The van der Waals surface area contributed by atoms with Gasteiger partial charge in [-0.1, -0.05) is 32.1 Å². The first-order chi connectivity index (χ1) is 8.20. The van der Waals surface area contributed by atoms with Crippen LogP contribution >= 0.6 is 15.9 Å². The van der Waals surface area contributed by atoms with Crippen LogP contribution in [0, 0.1) is 5.92 Å². The van der Waals surface area contributed by atoms with Gasteiger partial charge in [0.25, 0.3) is 0 Å². The molecule has 1 aromatic heterocycles. The summed E-state index contributed by atoms with van der Waals surface area (Å²) in [4.78, 5) is 12.5. The maximum atomic E-state index is 12.5. The first-order valence-electron chi connectivity index (χ1n) is 6.42. The molecule has 0 amide bonds. The summed E-state index contributed by atoms with van der Waals surface area (Å²) in [7, 11) is 1.83. The third kappa shape index (κ3) is 2.97. The van der Waals surface area contributed by atoms with Crippen molar-refractivity contribution in [2.75, 3.05) is 0 Å². The Kier molecular flexibility index (Phi) is 4.37. The summed E-state index contributed by atoms with van der Waals surface area (Å²) in [5, 5.41) is 4.12. The predicted molar refractivity (Wildman–Crippen MR) is 71.0 cm³/mol. The molecular weight excluding hydrogens is 280 g/mol. The van der Waals surface area contributed by atoms with Crippen molar-refractivity contribution in [1.29, 1.82) is 0 Å². The van der Waals surface area contributed by atoms with Gasteiger partial charge in [0.2, 0.25) is 0 Å². The second-order valence-electron chi connectivity index (χ2n) is 4.87. The summed E-state index contributed by atoms with van der Waals surface area (Å²) in [6.07, 6.45) is 10.0. The van der Waals surface area contributed by atoms with Crippen molar-refractivity contribution in [1.82, 2.24) is 9.78 Å². The van der Waals surface area contributed by atoms with Gasteiger partial charge >= 0.3 is 0 Å². The normalized spacial score (nSPS) is 18.7. The lowest BCUT2D eigenvalue weighted by Gasteiger charge is -2.18. The summed E-state index contributed by atoms with van der Waals surface area (Å²) in [5.74, 6) is 0.459. The third-order valence-electron chi connectivity index (χ3n) is 3.60. The van der Waals surface area contributed by atoms with Crippen molar-refractivity contribution < 1.29 is 4.79 Å². The predicted octanol–water partition coefficient (Wildman–Crippen LogP) is 3.73. The van der Waals surface area contributed by atoms with Gasteiger partial charge in [0, 0.05) is 13.0 Å². The quantitative estimate of drug-likeness (QED) is 0.780. The van der Waals surface area contributed by atoms with Crippen molar-refractivity contribution in [3.05, 3.63) is 16.4 Å². The Morgan fingerprint density at radius 1 is 1.29 bits per heavy atom. The van der Waals surface area contributed by atoms with E-state index >= 15 is 0 Å². The zero-order valence-electron chi connectivity index (χ0n) is 10.3. The van der Waals surface area contributed by atoms with E-state index in [0.29, 0.717) is 0 Å². The standard InChI is InChI=1S/C13H19BrN2O/c1-16-12(11(14)9-15-16)13(17)10-7-5-3-2-4-6-8-10/h9-10H,2-8H2,1H3. The largest absolute Gasteiger partial charge is 0.292 e. The number of rotatable bonds is 2. The number of carbonyl (C=O) groups is 1. The minimum atomic E-state index is 0.196.